The first-order valence-electron chi connectivity index (χ1n) is 34.9. The summed E-state index contributed by atoms with van der Waals surface area (Å²) in [5, 5.41) is 9.41. The lowest BCUT2D eigenvalue weighted by Crippen LogP contribution is -2.65. The van der Waals surface area contributed by atoms with Crippen LogP contribution in [0.25, 0.3) is 0 Å². The summed E-state index contributed by atoms with van der Waals surface area (Å²) in [6, 6.07) is -9.79. The Hall–Kier alpha value is -7.43. The first kappa shape index (κ1) is 81.5. The highest BCUT2D eigenvalue weighted by atomic mass is 35.5. The summed E-state index contributed by atoms with van der Waals surface area (Å²) in [7, 11) is 12.6. The Morgan fingerprint density at radius 2 is 1.32 bits per heavy atom. The molecule has 2 aliphatic heterocycles. The van der Waals surface area contributed by atoms with Crippen molar-refractivity contribution < 1.29 is 70.7 Å². The molecule has 556 valence electrons. The van der Waals surface area contributed by atoms with E-state index in [1.54, 1.807) is 12.3 Å². The molecule has 2 aromatic rings. The van der Waals surface area contributed by atoms with Crippen LogP contribution in [0.15, 0.2) is 29.1 Å². The van der Waals surface area contributed by atoms with E-state index >= 15 is 9.59 Å². The fraction of sp³-hybridized carbons (Fsp3) is 0.700. The molecule has 12 amide bonds. The molecular weight excluding hydrogens is 1340 g/mol. The highest BCUT2D eigenvalue weighted by Crippen LogP contribution is 2.37. The predicted octanol–water partition coefficient (Wildman–Crippen LogP) is 5.25. The standard InChI is InChI=1S/C70H105ClF3N13O12S/c1-16-41(4)58-68(98)81(10)43(6)63(93)87-31-30-51(87)67(97)84(13)54(34-44-22-18-17-19-23-44)66(96)80(9)37-56(88)77-50(29-27-45-26-28-48(49(71)33-45)70(72,73)74)64(94)83(12)53(35-47-38-100-39-75-47)60(90)76-42(5)62(92)86(15)59(46-24-20-21-25-46)69(99)85(14)55(65(95)79(7)8)36-57(89)82(11)52(32-40(2)3)61(91)78-58/h26,28,33,38-44,46,50-55,58-59H,16-25,27,29-32,34-37H2,1-15H3,(H,76,90)(H,77,88)(H,78,91)/t41-,42-,43-,50-,51-,52-,53-,54-,55-,58-,59-/m0/s1. The van der Waals surface area contributed by atoms with Crippen LogP contribution in [0.2, 0.25) is 5.02 Å². The van der Waals surface area contributed by atoms with E-state index in [4.69, 9.17) is 11.6 Å². The summed E-state index contributed by atoms with van der Waals surface area (Å²) in [4.78, 5) is 193. The van der Waals surface area contributed by atoms with Crippen molar-refractivity contribution in [1.82, 2.24) is 65.0 Å². The maximum Gasteiger partial charge on any atom is 0.417 e. The van der Waals surface area contributed by atoms with E-state index in [2.05, 4.69) is 20.9 Å². The van der Waals surface area contributed by atoms with Crippen molar-refractivity contribution in [1.29, 1.82) is 0 Å². The second-order valence-electron chi connectivity index (χ2n) is 28.6. The zero-order valence-electron chi connectivity index (χ0n) is 60.7. The number of halogens is 4. The minimum Gasteiger partial charge on any atom is -0.347 e. The number of nitrogens with zero attached hydrogens (tertiary/aromatic N) is 10. The van der Waals surface area contributed by atoms with Crippen molar-refractivity contribution in [2.75, 3.05) is 76.5 Å². The number of hydrogen-bond donors (Lipinski definition) is 3. The van der Waals surface area contributed by atoms with Gasteiger partial charge < -0.3 is 60.0 Å². The molecule has 0 unspecified atom stereocenters. The number of aromatic nitrogens is 1. The van der Waals surface area contributed by atoms with Crippen LogP contribution in [-0.2, 0) is 76.6 Å². The molecule has 4 aliphatic rings. The lowest BCUT2D eigenvalue weighted by molar-refractivity contribution is -0.160. The van der Waals surface area contributed by atoms with E-state index in [-0.39, 0.29) is 62.5 Å². The van der Waals surface area contributed by atoms with E-state index in [0.717, 1.165) is 58.9 Å². The van der Waals surface area contributed by atoms with Crippen LogP contribution >= 0.6 is 22.9 Å². The number of fused-ring (bicyclic) bond motifs is 1. The van der Waals surface area contributed by atoms with Gasteiger partial charge in [0, 0.05) is 81.8 Å². The lowest BCUT2D eigenvalue weighted by Gasteiger charge is -2.45. The summed E-state index contributed by atoms with van der Waals surface area (Å²) in [5.74, 6) is -9.56. The number of hydrogen-bond acceptors (Lipinski definition) is 14. The van der Waals surface area contributed by atoms with Crippen molar-refractivity contribution in [2.45, 2.75) is 217 Å². The predicted molar refractivity (Wildman–Crippen MR) is 370 cm³/mol. The van der Waals surface area contributed by atoms with E-state index in [0.29, 0.717) is 37.8 Å². The quantitative estimate of drug-likeness (QED) is 0.231. The van der Waals surface area contributed by atoms with Gasteiger partial charge in [-0.25, -0.2) is 4.98 Å². The third kappa shape index (κ3) is 20.2. The number of carbonyl (C=O) groups excluding carboxylic acids is 12. The van der Waals surface area contributed by atoms with E-state index in [1.807, 2.05) is 20.8 Å². The molecule has 25 nitrogen and oxygen atoms in total. The minimum absolute atomic E-state index is 0.00385. The summed E-state index contributed by atoms with van der Waals surface area (Å²) >= 11 is 7.36. The molecule has 2 saturated carbocycles. The molecule has 4 fully saturated rings. The molecule has 2 aliphatic carbocycles. The second kappa shape index (κ2) is 35.9. The van der Waals surface area contributed by atoms with E-state index in [1.165, 1.54) is 130 Å². The Balaban J connectivity index is 1.44. The number of alkyl halides is 3. The van der Waals surface area contributed by atoms with Crippen LogP contribution in [0, 0.1) is 23.7 Å². The number of rotatable bonds is 13. The molecule has 0 bridgehead atoms. The van der Waals surface area contributed by atoms with Crippen LogP contribution in [0.4, 0.5) is 13.2 Å². The normalized spacial score (nSPS) is 26.8. The summed E-state index contributed by atoms with van der Waals surface area (Å²) < 4.78 is 41.7. The molecule has 6 rings (SSSR count). The van der Waals surface area contributed by atoms with Gasteiger partial charge in [-0.2, -0.15) is 13.2 Å². The first-order chi connectivity index (χ1) is 46.9. The van der Waals surface area contributed by atoms with Gasteiger partial charge in [-0.3, -0.25) is 57.5 Å². The van der Waals surface area contributed by atoms with Gasteiger partial charge in [0.2, 0.25) is 70.9 Å². The molecule has 3 heterocycles. The van der Waals surface area contributed by atoms with Crippen LogP contribution in [-0.4, -0.2) is 257 Å². The number of aryl methyl sites for hydroxylation is 1. The summed E-state index contributed by atoms with van der Waals surface area (Å²) in [5.41, 5.74) is 1.05. The van der Waals surface area contributed by atoms with Crippen LogP contribution in [0.5, 0.6) is 0 Å². The summed E-state index contributed by atoms with van der Waals surface area (Å²) in [6.07, 6.45) is 1.63. The maximum atomic E-state index is 15.3. The van der Waals surface area contributed by atoms with Gasteiger partial charge >= 0.3 is 6.18 Å². The molecule has 1 aromatic carbocycles. The average Bonchev–Trinajstić information content (AvgIpc) is 0.815. The number of amides is 12. The molecule has 30 heteroatoms. The molecular formula is C70H105ClF3N13O12S. The van der Waals surface area contributed by atoms with Crippen LogP contribution in [0.1, 0.15) is 155 Å². The van der Waals surface area contributed by atoms with Gasteiger partial charge in [0.1, 0.15) is 60.4 Å². The number of nitrogens with one attached hydrogen (secondary N) is 3. The zero-order chi connectivity index (χ0) is 74.5. The van der Waals surface area contributed by atoms with Gasteiger partial charge in [-0.15, -0.1) is 11.3 Å². The molecule has 3 N–H and O–H groups in total. The molecule has 11 atom stereocenters. The Kier molecular flexibility index (Phi) is 29.3. The van der Waals surface area contributed by atoms with E-state index in [9.17, 15) is 61.1 Å². The third-order valence-electron chi connectivity index (χ3n) is 20.8. The Bertz CT molecular complexity index is 3260. The second-order valence-corrected chi connectivity index (χ2v) is 29.7. The van der Waals surface area contributed by atoms with Gasteiger partial charge in [0.25, 0.3) is 0 Å². The Labute approximate surface area is 595 Å². The van der Waals surface area contributed by atoms with Gasteiger partial charge in [-0.05, 0) is 100 Å². The van der Waals surface area contributed by atoms with Crippen molar-refractivity contribution in [3.8, 4) is 0 Å². The van der Waals surface area contributed by atoms with Crippen LogP contribution < -0.4 is 16.0 Å². The highest BCUT2D eigenvalue weighted by Gasteiger charge is 2.48. The number of benzene rings is 1. The SMILES string of the molecule is CC[C@H](C)[C@@H]1NC(=O)[C@H](CC(C)C)N(C)C(=O)C[C@@H](C(=O)N(C)C)N(C)C(=O)[C@H](C2CCCC2)N(C)C(=O)[C@H](C)NC(=O)[C@H](Cc2cscn2)N(C)C(=O)[C@H](CCc2ccc(C(F)(F)F)c(Cl)c2)NC(=O)CN(C)C(=O)[C@H](CC2CCCCC2)N(C)C(=O)[C@@H]2CCN2C(=O)[C@H](C)N(C)C1=O. The Morgan fingerprint density at radius 3 is 1.88 bits per heavy atom. The summed E-state index contributed by atoms with van der Waals surface area (Å²) in [6.45, 7) is 9.67. The van der Waals surface area contributed by atoms with Crippen LogP contribution in [0.3, 0.4) is 0 Å². The highest BCUT2D eigenvalue weighted by molar-refractivity contribution is 7.07. The lowest BCUT2D eigenvalue weighted by atomic mass is 9.84. The molecule has 2 saturated heterocycles. The van der Waals surface area contributed by atoms with Gasteiger partial charge in [0.15, 0.2) is 0 Å². The van der Waals surface area contributed by atoms with Crippen molar-refractivity contribution in [3.05, 3.63) is 50.9 Å². The fourth-order valence-electron chi connectivity index (χ4n) is 14.0. The topological polar surface area (TPSA) is 283 Å². The largest absolute Gasteiger partial charge is 0.417 e. The fourth-order valence-corrected chi connectivity index (χ4v) is 14.9. The van der Waals surface area contributed by atoms with Crippen molar-refractivity contribution in [2.24, 2.45) is 23.7 Å². The molecule has 0 radical (unpaired) electrons. The van der Waals surface area contributed by atoms with Crippen molar-refractivity contribution >= 4 is 93.8 Å². The first-order valence-corrected chi connectivity index (χ1v) is 36.2. The number of likely N-dealkylation sites (N-methyl/N-ethyl adjacent to an activating group) is 8. The molecule has 100 heavy (non-hydrogen) atoms. The van der Waals surface area contributed by atoms with Gasteiger partial charge in [0.05, 0.1) is 34.8 Å². The smallest absolute Gasteiger partial charge is 0.347 e. The Morgan fingerprint density at radius 1 is 0.700 bits per heavy atom. The van der Waals surface area contributed by atoms with Gasteiger partial charge in [-0.1, -0.05) is 96.7 Å². The zero-order valence-corrected chi connectivity index (χ0v) is 62.3. The van der Waals surface area contributed by atoms with Crippen molar-refractivity contribution in [3.63, 3.8) is 0 Å². The minimum atomic E-state index is -4.78. The molecule has 1 aromatic heterocycles. The monoisotopic (exact) mass is 1440 g/mol. The molecule has 0 spiro atoms. The maximum absolute atomic E-state index is 15.3. The number of carbonyl (C=O) groups is 12. The number of thiazole rings is 1. The van der Waals surface area contributed by atoms with E-state index < -0.39 is 173 Å². The average molecular weight is 1450 g/mol. The third-order valence-corrected chi connectivity index (χ3v) is 21.8.